The first-order valence-electron chi connectivity index (χ1n) is 8.71. The van der Waals surface area contributed by atoms with Crippen LogP contribution in [0.3, 0.4) is 0 Å². The molecule has 0 bridgehead atoms. The summed E-state index contributed by atoms with van der Waals surface area (Å²) >= 11 is 1.83. The maximum absolute atomic E-state index is 4.77. The van der Waals surface area contributed by atoms with Gasteiger partial charge >= 0.3 is 0 Å². The van der Waals surface area contributed by atoms with Crippen LogP contribution in [0.2, 0.25) is 0 Å². The average molecular weight is 352 g/mol. The summed E-state index contributed by atoms with van der Waals surface area (Å²) in [5.74, 6) is 1.52. The molecule has 0 spiro atoms. The molecule has 1 saturated heterocycles. The van der Waals surface area contributed by atoms with E-state index in [9.17, 15) is 0 Å². The molecule has 0 amide bonds. The standard InChI is InChI=1S/C18H20N6S/c1-11-9-23-15(12(2)20-11)8-17(21-23)24-10-14-7-16(25-18(14)22-24)13-3-5-19-6-4-13/h7-10,13,19H,3-6H2,1-2H3. The van der Waals surface area contributed by atoms with E-state index in [0.29, 0.717) is 5.92 Å². The predicted molar refractivity (Wildman–Crippen MR) is 99.8 cm³/mol. The molecule has 5 heterocycles. The fraction of sp³-hybridized carbons (Fsp3) is 0.389. The van der Waals surface area contributed by atoms with Crippen molar-refractivity contribution in [3.05, 3.63) is 40.8 Å². The summed E-state index contributed by atoms with van der Waals surface area (Å²) in [5, 5.41) is 14.1. The Labute approximate surface area is 149 Å². The minimum Gasteiger partial charge on any atom is -0.317 e. The van der Waals surface area contributed by atoms with Crippen LogP contribution in [0.25, 0.3) is 21.6 Å². The lowest BCUT2D eigenvalue weighted by Gasteiger charge is -2.21. The Morgan fingerprint density at radius 1 is 1.12 bits per heavy atom. The Kier molecular flexibility index (Phi) is 3.39. The van der Waals surface area contributed by atoms with Crippen molar-refractivity contribution in [3.63, 3.8) is 0 Å². The molecule has 6 nitrogen and oxygen atoms in total. The van der Waals surface area contributed by atoms with E-state index < -0.39 is 0 Å². The van der Waals surface area contributed by atoms with Crippen molar-refractivity contribution in [3.8, 4) is 5.82 Å². The van der Waals surface area contributed by atoms with Gasteiger partial charge in [-0.2, -0.15) is 5.10 Å². The molecule has 0 saturated carbocycles. The second-order valence-electron chi connectivity index (χ2n) is 6.81. The summed E-state index contributed by atoms with van der Waals surface area (Å²) in [6.45, 7) is 6.24. The number of rotatable bonds is 2. The normalized spacial score (nSPS) is 16.2. The highest BCUT2D eigenvalue weighted by atomic mass is 32.1. The van der Waals surface area contributed by atoms with Crippen molar-refractivity contribution in [2.45, 2.75) is 32.6 Å². The van der Waals surface area contributed by atoms with Crippen molar-refractivity contribution in [1.29, 1.82) is 0 Å². The van der Waals surface area contributed by atoms with E-state index in [4.69, 9.17) is 5.10 Å². The molecule has 0 aliphatic carbocycles. The summed E-state index contributed by atoms with van der Waals surface area (Å²) in [5.41, 5.74) is 2.98. The number of thiophene rings is 1. The molecule has 1 aliphatic heterocycles. The third kappa shape index (κ3) is 2.54. The average Bonchev–Trinajstić information content (AvgIpc) is 3.27. The lowest BCUT2D eigenvalue weighted by atomic mass is 9.96. The zero-order valence-electron chi connectivity index (χ0n) is 14.4. The summed E-state index contributed by atoms with van der Waals surface area (Å²) in [4.78, 5) is 7.07. The fourth-order valence-corrected chi connectivity index (χ4v) is 4.83. The highest BCUT2D eigenvalue weighted by Gasteiger charge is 2.19. The van der Waals surface area contributed by atoms with Gasteiger partial charge in [0.2, 0.25) is 0 Å². The lowest BCUT2D eigenvalue weighted by molar-refractivity contribution is 0.465. The predicted octanol–water partition coefficient (Wildman–Crippen LogP) is 3.21. The Balaban J connectivity index is 1.52. The highest BCUT2D eigenvalue weighted by Crippen LogP contribution is 2.34. The van der Waals surface area contributed by atoms with Crippen molar-refractivity contribution >= 4 is 27.1 Å². The lowest BCUT2D eigenvalue weighted by Crippen LogP contribution is -2.26. The topological polar surface area (TPSA) is 60.0 Å². The van der Waals surface area contributed by atoms with Gasteiger partial charge in [0.25, 0.3) is 0 Å². The minimum atomic E-state index is 0.681. The molecule has 0 aromatic carbocycles. The van der Waals surface area contributed by atoms with Crippen LogP contribution in [-0.4, -0.2) is 37.5 Å². The monoisotopic (exact) mass is 352 g/mol. The highest BCUT2D eigenvalue weighted by molar-refractivity contribution is 7.18. The first kappa shape index (κ1) is 15.0. The van der Waals surface area contributed by atoms with Crippen LogP contribution < -0.4 is 5.32 Å². The number of piperidine rings is 1. The molecular formula is C18H20N6S. The smallest absolute Gasteiger partial charge is 0.176 e. The summed E-state index contributed by atoms with van der Waals surface area (Å²) in [6, 6.07) is 4.36. The molecule has 0 radical (unpaired) electrons. The molecule has 5 rings (SSSR count). The van der Waals surface area contributed by atoms with E-state index in [2.05, 4.69) is 27.7 Å². The zero-order chi connectivity index (χ0) is 17.0. The Morgan fingerprint density at radius 3 is 2.76 bits per heavy atom. The molecule has 25 heavy (non-hydrogen) atoms. The van der Waals surface area contributed by atoms with Gasteiger partial charge < -0.3 is 5.32 Å². The fourth-order valence-electron chi connectivity index (χ4n) is 3.66. The molecule has 4 aromatic rings. The molecule has 1 aliphatic rings. The van der Waals surface area contributed by atoms with Crippen molar-refractivity contribution in [2.24, 2.45) is 0 Å². The molecule has 1 N–H and O–H groups in total. The first-order chi connectivity index (χ1) is 12.2. The number of hydrogen-bond acceptors (Lipinski definition) is 5. The van der Waals surface area contributed by atoms with Crippen molar-refractivity contribution in [1.82, 2.24) is 29.7 Å². The van der Waals surface area contributed by atoms with Crippen LogP contribution in [0.4, 0.5) is 0 Å². The van der Waals surface area contributed by atoms with Crippen LogP contribution in [0.5, 0.6) is 0 Å². The second-order valence-corrected chi connectivity index (χ2v) is 7.87. The third-order valence-electron chi connectivity index (χ3n) is 4.94. The van der Waals surface area contributed by atoms with E-state index in [1.165, 1.54) is 23.1 Å². The molecule has 1 fully saturated rings. The number of aryl methyl sites for hydroxylation is 2. The van der Waals surface area contributed by atoms with E-state index in [0.717, 1.165) is 40.6 Å². The molecular weight excluding hydrogens is 332 g/mol. The van der Waals surface area contributed by atoms with Gasteiger partial charge in [0.05, 0.1) is 23.1 Å². The number of aromatic nitrogens is 5. The summed E-state index contributed by atoms with van der Waals surface area (Å²) in [6.07, 6.45) is 6.49. The van der Waals surface area contributed by atoms with Gasteiger partial charge in [-0.1, -0.05) is 0 Å². The van der Waals surface area contributed by atoms with Crippen LogP contribution in [0.15, 0.2) is 24.5 Å². The van der Waals surface area contributed by atoms with E-state index >= 15 is 0 Å². The van der Waals surface area contributed by atoms with Gasteiger partial charge in [0.15, 0.2) is 5.82 Å². The number of fused-ring (bicyclic) bond motifs is 2. The van der Waals surface area contributed by atoms with Gasteiger partial charge in [-0.05, 0) is 51.8 Å². The Morgan fingerprint density at radius 2 is 1.96 bits per heavy atom. The summed E-state index contributed by atoms with van der Waals surface area (Å²) in [7, 11) is 0. The van der Waals surface area contributed by atoms with Crippen molar-refractivity contribution in [2.75, 3.05) is 13.1 Å². The Hall–Kier alpha value is -2.25. The van der Waals surface area contributed by atoms with Crippen LogP contribution in [0, 0.1) is 13.8 Å². The van der Waals surface area contributed by atoms with Crippen LogP contribution in [0.1, 0.15) is 35.0 Å². The second kappa shape index (κ2) is 5.64. The molecule has 128 valence electrons. The minimum absolute atomic E-state index is 0.681. The van der Waals surface area contributed by atoms with Gasteiger partial charge in [-0.25, -0.2) is 9.20 Å². The molecule has 0 unspecified atom stereocenters. The summed E-state index contributed by atoms with van der Waals surface area (Å²) < 4.78 is 3.78. The maximum atomic E-state index is 4.77. The van der Waals surface area contributed by atoms with Gasteiger partial charge in [0, 0.05) is 22.5 Å². The number of nitrogens with one attached hydrogen (secondary N) is 1. The quantitative estimate of drug-likeness (QED) is 0.602. The molecule has 7 heteroatoms. The van der Waals surface area contributed by atoms with E-state index in [1.807, 2.05) is 46.6 Å². The van der Waals surface area contributed by atoms with Crippen LogP contribution in [-0.2, 0) is 0 Å². The SMILES string of the molecule is Cc1cn2nc(-n3cc4cc(C5CCNCC5)sc4n3)cc2c(C)n1. The van der Waals surface area contributed by atoms with E-state index in [-0.39, 0.29) is 0 Å². The number of hydrogen-bond donors (Lipinski definition) is 1. The zero-order valence-corrected chi connectivity index (χ0v) is 15.2. The van der Waals surface area contributed by atoms with Gasteiger partial charge in [-0.15, -0.1) is 16.4 Å². The molecule has 4 aromatic heterocycles. The van der Waals surface area contributed by atoms with Crippen LogP contribution >= 0.6 is 11.3 Å². The number of nitrogens with zero attached hydrogens (tertiary/aromatic N) is 5. The van der Waals surface area contributed by atoms with Gasteiger partial charge in [-0.3, -0.25) is 4.98 Å². The maximum Gasteiger partial charge on any atom is 0.176 e. The van der Waals surface area contributed by atoms with E-state index in [1.54, 1.807) is 0 Å². The largest absolute Gasteiger partial charge is 0.317 e. The third-order valence-corrected chi connectivity index (χ3v) is 6.14. The first-order valence-corrected chi connectivity index (χ1v) is 9.53. The van der Waals surface area contributed by atoms with Gasteiger partial charge in [0.1, 0.15) is 4.83 Å². The Bertz CT molecular complexity index is 1030. The van der Waals surface area contributed by atoms with Crippen molar-refractivity contribution < 1.29 is 0 Å². The molecule has 0 atom stereocenters.